The van der Waals surface area contributed by atoms with E-state index in [4.69, 9.17) is 0 Å². The Morgan fingerprint density at radius 2 is 1.94 bits per heavy atom. The molecular formula is C13H20O2S. The third-order valence-electron chi connectivity index (χ3n) is 2.52. The van der Waals surface area contributed by atoms with E-state index in [0.717, 1.165) is 17.7 Å². The van der Waals surface area contributed by atoms with Gasteiger partial charge in [-0.15, -0.1) is 0 Å². The minimum atomic E-state index is -1.11. The van der Waals surface area contributed by atoms with E-state index >= 15 is 0 Å². The number of unbranched alkanes of at least 4 members (excludes halogenated alkanes) is 1. The fourth-order valence-electron chi connectivity index (χ4n) is 1.57. The van der Waals surface area contributed by atoms with Crippen molar-refractivity contribution in [3.8, 4) is 0 Å². The van der Waals surface area contributed by atoms with Gasteiger partial charge in [-0.2, -0.15) is 0 Å². The van der Waals surface area contributed by atoms with Gasteiger partial charge in [0.1, 0.15) is 0 Å². The Balaban J connectivity index is 2.57. The van der Waals surface area contributed by atoms with Gasteiger partial charge in [0.25, 0.3) is 0 Å². The van der Waals surface area contributed by atoms with E-state index in [1.807, 2.05) is 30.3 Å². The Morgan fingerprint density at radius 1 is 1.31 bits per heavy atom. The standard InChI is InChI=1S/C13H20O2S/c1-3-4-10-13(2,14)11-16(15)12-8-6-5-7-9-12/h5-9,14H,3-4,10-11H2,1-2H3. The molecule has 0 heterocycles. The van der Waals surface area contributed by atoms with E-state index in [2.05, 4.69) is 6.92 Å². The molecule has 1 aromatic rings. The number of hydrogen-bond donors (Lipinski definition) is 1. The van der Waals surface area contributed by atoms with Gasteiger partial charge in [0.05, 0.1) is 22.2 Å². The van der Waals surface area contributed by atoms with Crippen LogP contribution < -0.4 is 0 Å². The highest BCUT2D eigenvalue weighted by Gasteiger charge is 2.23. The van der Waals surface area contributed by atoms with Crippen molar-refractivity contribution in [1.29, 1.82) is 0 Å². The average molecular weight is 240 g/mol. The molecule has 0 aliphatic carbocycles. The maximum Gasteiger partial charge on any atom is 0.0738 e. The fraction of sp³-hybridized carbons (Fsp3) is 0.538. The van der Waals surface area contributed by atoms with Crippen LogP contribution in [-0.4, -0.2) is 20.7 Å². The lowest BCUT2D eigenvalue weighted by atomic mass is 10.0. The molecule has 2 atom stereocenters. The van der Waals surface area contributed by atoms with Crippen LogP contribution >= 0.6 is 0 Å². The first kappa shape index (κ1) is 13.4. The third-order valence-corrected chi connectivity index (χ3v) is 4.20. The topological polar surface area (TPSA) is 37.3 Å². The number of rotatable bonds is 6. The molecule has 0 spiro atoms. The summed E-state index contributed by atoms with van der Waals surface area (Å²) in [6.07, 6.45) is 2.73. The fourth-order valence-corrected chi connectivity index (χ4v) is 2.90. The van der Waals surface area contributed by atoms with Crippen LogP contribution in [0.2, 0.25) is 0 Å². The van der Waals surface area contributed by atoms with Crippen molar-refractivity contribution in [3.05, 3.63) is 30.3 Å². The normalized spacial score (nSPS) is 16.7. The molecule has 0 amide bonds. The molecule has 2 unspecified atom stereocenters. The summed E-state index contributed by atoms with van der Waals surface area (Å²) in [6, 6.07) is 9.32. The second-order valence-electron chi connectivity index (χ2n) is 4.40. The SMILES string of the molecule is CCCCC(C)(O)CS(=O)c1ccccc1. The molecule has 1 rings (SSSR count). The second-order valence-corrected chi connectivity index (χ2v) is 5.85. The van der Waals surface area contributed by atoms with Crippen molar-refractivity contribution in [2.24, 2.45) is 0 Å². The van der Waals surface area contributed by atoms with Crippen molar-refractivity contribution < 1.29 is 9.32 Å². The monoisotopic (exact) mass is 240 g/mol. The highest BCUT2D eigenvalue weighted by molar-refractivity contribution is 7.85. The zero-order valence-corrected chi connectivity index (χ0v) is 10.8. The van der Waals surface area contributed by atoms with Gasteiger partial charge >= 0.3 is 0 Å². The largest absolute Gasteiger partial charge is 0.389 e. The molecule has 0 fully saturated rings. The van der Waals surface area contributed by atoms with Gasteiger partial charge < -0.3 is 5.11 Å². The van der Waals surface area contributed by atoms with Crippen molar-refractivity contribution in [2.75, 3.05) is 5.75 Å². The third kappa shape index (κ3) is 4.45. The first-order valence-corrected chi connectivity index (χ1v) is 7.03. The maximum absolute atomic E-state index is 12.0. The molecule has 0 aliphatic rings. The Hall–Kier alpha value is -0.670. The molecule has 0 bridgehead atoms. The zero-order valence-electron chi connectivity index (χ0n) is 9.98. The maximum atomic E-state index is 12.0. The number of benzene rings is 1. The molecule has 3 heteroatoms. The van der Waals surface area contributed by atoms with E-state index in [-0.39, 0.29) is 0 Å². The minimum absolute atomic E-state index is 0.316. The summed E-state index contributed by atoms with van der Waals surface area (Å²) < 4.78 is 12.0. The Kier molecular flexibility index (Phi) is 5.16. The van der Waals surface area contributed by atoms with E-state index in [1.54, 1.807) is 6.92 Å². The van der Waals surface area contributed by atoms with Gasteiger partial charge in [0.15, 0.2) is 0 Å². The summed E-state index contributed by atoms with van der Waals surface area (Å²) in [7, 11) is -1.11. The Morgan fingerprint density at radius 3 is 2.50 bits per heavy atom. The van der Waals surface area contributed by atoms with Gasteiger partial charge in [-0.05, 0) is 25.5 Å². The molecule has 0 aromatic heterocycles. The highest BCUT2D eigenvalue weighted by atomic mass is 32.2. The Bertz CT molecular complexity index is 333. The van der Waals surface area contributed by atoms with E-state index in [0.29, 0.717) is 12.2 Å². The lowest BCUT2D eigenvalue weighted by molar-refractivity contribution is 0.0727. The lowest BCUT2D eigenvalue weighted by Crippen LogP contribution is -2.31. The van der Waals surface area contributed by atoms with E-state index < -0.39 is 16.4 Å². The van der Waals surface area contributed by atoms with Crippen LogP contribution in [0, 0.1) is 0 Å². The molecule has 0 radical (unpaired) electrons. The summed E-state index contributed by atoms with van der Waals surface area (Å²) >= 11 is 0. The average Bonchev–Trinajstić information content (AvgIpc) is 2.27. The minimum Gasteiger partial charge on any atom is -0.389 e. The molecule has 0 saturated heterocycles. The summed E-state index contributed by atoms with van der Waals surface area (Å²) in [5, 5.41) is 10.1. The molecule has 0 aliphatic heterocycles. The first-order valence-electron chi connectivity index (χ1n) is 5.71. The summed E-state index contributed by atoms with van der Waals surface area (Å²) in [5.41, 5.74) is -0.823. The summed E-state index contributed by atoms with van der Waals surface area (Å²) in [4.78, 5) is 0.791. The zero-order chi connectivity index (χ0) is 12.0. The first-order chi connectivity index (χ1) is 7.55. The smallest absolute Gasteiger partial charge is 0.0738 e. The van der Waals surface area contributed by atoms with Gasteiger partial charge in [-0.1, -0.05) is 38.0 Å². The van der Waals surface area contributed by atoms with Gasteiger partial charge in [-0.3, -0.25) is 4.21 Å². The molecule has 2 nitrogen and oxygen atoms in total. The molecule has 1 aromatic carbocycles. The van der Waals surface area contributed by atoms with E-state index in [1.165, 1.54) is 0 Å². The van der Waals surface area contributed by atoms with Crippen LogP contribution in [0.1, 0.15) is 33.1 Å². The molecule has 1 N–H and O–H groups in total. The van der Waals surface area contributed by atoms with Crippen LogP contribution in [0.3, 0.4) is 0 Å². The predicted molar refractivity (Wildman–Crippen MR) is 67.9 cm³/mol. The number of aliphatic hydroxyl groups is 1. The Labute approximate surface area is 100 Å². The lowest BCUT2D eigenvalue weighted by Gasteiger charge is -2.22. The van der Waals surface area contributed by atoms with Gasteiger partial charge in [0, 0.05) is 4.90 Å². The number of hydrogen-bond acceptors (Lipinski definition) is 2. The van der Waals surface area contributed by atoms with Crippen LogP contribution in [-0.2, 0) is 10.8 Å². The van der Waals surface area contributed by atoms with Crippen molar-refractivity contribution in [3.63, 3.8) is 0 Å². The van der Waals surface area contributed by atoms with E-state index in [9.17, 15) is 9.32 Å². The molecule has 90 valence electrons. The van der Waals surface area contributed by atoms with Crippen LogP contribution in [0.15, 0.2) is 35.2 Å². The van der Waals surface area contributed by atoms with Gasteiger partial charge in [-0.25, -0.2) is 0 Å². The van der Waals surface area contributed by atoms with Gasteiger partial charge in [0.2, 0.25) is 0 Å². The predicted octanol–water partition coefficient (Wildman–Crippen LogP) is 2.74. The highest BCUT2D eigenvalue weighted by Crippen LogP contribution is 2.18. The molecule has 0 saturated carbocycles. The van der Waals surface area contributed by atoms with Crippen molar-refractivity contribution in [2.45, 2.75) is 43.6 Å². The van der Waals surface area contributed by atoms with Crippen molar-refractivity contribution >= 4 is 10.8 Å². The summed E-state index contributed by atoms with van der Waals surface area (Å²) in [6.45, 7) is 3.85. The molecule has 16 heavy (non-hydrogen) atoms. The van der Waals surface area contributed by atoms with Crippen LogP contribution in [0.4, 0.5) is 0 Å². The molecular weight excluding hydrogens is 220 g/mol. The summed E-state index contributed by atoms with van der Waals surface area (Å²) in [5.74, 6) is 0.316. The quantitative estimate of drug-likeness (QED) is 0.830. The second kappa shape index (κ2) is 6.16. The van der Waals surface area contributed by atoms with Crippen LogP contribution in [0.25, 0.3) is 0 Å². The van der Waals surface area contributed by atoms with Crippen molar-refractivity contribution in [1.82, 2.24) is 0 Å². The van der Waals surface area contributed by atoms with Crippen LogP contribution in [0.5, 0.6) is 0 Å².